The molecule has 0 atom stereocenters. The first kappa shape index (κ1) is 20.0. The van der Waals surface area contributed by atoms with Gasteiger partial charge in [-0.05, 0) is 30.0 Å². The van der Waals surface area contributed by atoms with Crippen LogP contribution in [0.25, 0.3) is 0 Å². The second-order valence-electron chi connectivity index (χ2n) is 5.55. The highest BCUT2D eigenvalue weighted by Crippen LogP contribution is 2.33. The zero-order chi connectivity index (χ0) is 19.0. The number of halogens is 3. The number of nitrogens with one attached hydrogen (secondary N) is 2. The van der Waals surface area contributed by atoms with Gasteiger partial charge < -0.3 is 15.5 Å². The van der Waals surface area contributed by atoms with Crippen LogP contribution in [0.5, 0.6) is 0 Å². The zero-order valence-corrected chi connectivity index (χ0v) is 15.5. The number of rotatable bonds is 7. The van der Waals surface area contributed by atoms with Crippen molar-refractivity contribution in [2.75, 3.05) is 39.0 Å². The van der Waals surface area contributed by atoms with E-state index >= 15 is 0 Å². The Morgan fingerprint density at radius 2 is 2.08 bits per heavy atom. The van der Waals surface area contributed by atoms with Crippen LogP contribution in [0.1, 0.15) is 10.4 Å². The highest BCUT2D eigenvalue weighted by Gasteiger charge is 2.33. The van der Waals surface area contributed by atoms with Crippen LogP contribution < -0.4 is 10.6 Å². The Morgan fingerprint density at radius 1 is 1.27 bits per heavy atom. The van der Waals surface area contributed by atoms with E-state index in [9.17, 15) is 13.2 Å². The molecule has 0 fully saturated rings. The molecule has 0 aliphatic heterocycles. The van der Waals surface area contributed by atoms with Gasteiger partial charge in [0.05, 0.1) is 5.56 Å². The minimum Gasteiger partial charge on any atom is -0.368 e. The van der Waals surface area contributed by atoms with Crippen molar-refractivity contribution in [3.63, 3.8) is 0 Å². The summed E-state index contributed by atoms with van der Waals surface area (Å²) in [4.78, 5) is 11.3. The molecule has 2 heterocycles. The van der Waals surface area contributed by atoms with Crippen molar-refractivity contribution in [1.82, 2.24) is 15.2 Å². The first-order valence-electron chi connectivity index (χ1n) is 8.12. The molecule has 5 nitrogen and oxygen atoms in total. The van der Waals surface area contributed by atoms with Gasteiger partial charge in [0, 0.05) is 44.8 Å². The number of thiophene rings is 1. The molecule has 0 saturated carbocycles. The lowest BCUT2D eigenvalue weighted by Crippen LogP contribution is -2.41. The fourth-order valence-corrected chi connectivity index (χ4v) is 3.05. The molecular weight excluding hydrogens is 363 g/mol. The average molecular weight is 385 g/mol. The quantitative estimate of drug-likeness (QED) is 0.436. The van der Waals surface area contributed by atoms with Gasteiger partial charge in [0.2, 0.25) is 0 Å². The van der Waals surface area contributed by atoms with Crippen molar-refractivity contribution in [1.29, 1.82) is 0 Å². The maximum Gasteiger partial charge on any atom is 0.419 e. The molecule has 9 heteroatoms. The molecule has 142 valence electrons. The molecule has 0 spiro atoms. The van der Waals surface area contributed by atoms with Crippen molar-refractivity contribution in [3.05, 3.63) is 46.3 Å². The van der Waals surface area contributed by atoms with Crippen LogP contribution >= 0.6 is 11.3 Å². The van der Waals surface area contributed by atoms with Crippen LogP contribution in [0.2, 0.25) is 0 Å². The summed E-state index contributed by atoms with van der Waals surface area (Å²) in [6, 6.07) is 6.39. The van der Waals surface area contributed by atoms with Gasteiger partial charge in [-0.3, -0.25) is 4.99 Å². The van der Waals surface area contributed by atoms with Crippen LogP contribution in [0.4, 0.5) is 19.0 Å². The molecular formula is C17H22F3N5S. The van der Waals surface area contributed by atoms with E-state index in [4.69, 9.17) is 0 Å². The highest BCUT2D eigenvalue weighted by atomic mass is 32.1. The van der Waals surface area contributed by atoms with Crippen molar-refractivity contribution in [2.45, 2.75) is 12.6 Å². The molecule has 0 aliphatic carbocycles. The van der Waals surface area contributed by atoms with E-state index in [-0.39, 0.29) is 12.4 Å². The summed E-state index contributed by atoms with van der Waals surface area (Å²) in [6.07, 6.45) is -2.18. The zero-order valence-electron chi connectivity index (χ0n) is 14.7. The van der Waals surface area contributed by atoms with Gasteiger partial charge in [0.15, 0.2) is 5.96 Å². The SMILES string of the molecule is CN=C(NCCNc1ncccc1C(F)(F)F)N(C)CCc1cccs1. The number of guanidine groups is 1. The number of aromatic nitrogens is 1. The van der Waals surface area contributed by atoms with Crippen LogP contribution in [0.15, 0.2) is 40.8 Å². The summed E-state index contributed by atoms with van der Waals surface area (Å²) in [5.74, 6) is 0.531. The molecule has 0 aliphatic rings. The standard InChI is InChI=1S/C17H22F3N5S/c1-21-16(25(2)11-7-13-5-4-12-26-13)24-10-9-23-15-14(17(18,19)20)6-3-8-22-15/h3-6,8,12H,7,9-11H2,1-2H3,(H,21,24)(H,22,23). The monoisotopic (exact) mass is 385 g/mol. The normalized spacial score (nSPS) is 12.1. The number of nitrogens with zero attached hydrogens (tertiary/aromatic N) is 3. The van der Waals surface area contributed by atoms with Gasteiger partial charge in [-0.2, -0.15) is 13.2 Å². The van der Waals surface area contributed by atoms with Gasteiger partial charge in [-0.25, -0.2) is 4.98 Å². The smallest absolute Gasteiger partial charge is 0.368 e. The number of aliphatic imine (C=N–C) groups is 1. The van der Waals surface area contributed by atoms with Crippen LogP contribution in [0, 0.1) is 0 Å². The fraction of sp³-hybridized carbons (Fsp3) is 0.412. The Kier molecular flexibility index (Phi) is 7.26. The molecule has 2 aromatic rings. The van der Waals surface area contributed by atoms with E-state index in [1.807, 2.05) is 23.4 Å². The van der Waals surface area contributed by atoms with Crippen molar-refractivity contribution < 1.29 is 13.2 Å². The van der Waals surface area contributed by atoms with Crippen molar-refractivity contribution in [2.24, 2.45) is 4.99 Å². The Labute approximate surface area is 155 Å². The van der Waals surface area contributed by atoms with Crippen LogP contribution in [-0.4, -0.2) is 49.6 Å². The molecule has 0 unspecified atom stereocenters. The summed E-state index contributed by atoms with van der Waals surface area (Å²) in [5, 5.41) is 7.91. The van der Waals surface area contributed by atoms with E-state index in [2.05, 4.69) is 26.7 Å². The lowest BCUT2D eigenvalue weighted by atomic mass is 10.2. The summed E-state index contributed by atoms with van der Waals surface area (Å²) in [5.41, 5.74) is -0.766. The average Bonchev–Trinajstić information content (AvgIpc) is 3.13. The largest absolute Gasteiger partial charge is 0.419 e. The van der Waals surface area contributed by atoms with E-state index in [1.54, 1.807) is 18.4 Å². The summed E-state index contributed by atoms with van der Waals surface area (Å²) in [7, 11) is 3.61. The van der Waals surface area contributed by atoms with E-state index in [1.165, 1.54) is 17.1 Å². The molecule has 2 aromatic heterocycles. The Hall–Kier alpha value is -2.29. The third kappa shape index (κ3) is 5.91. The Morgan fingerprint density at radius 3 is 2.73 bits per heavy atom. The lowest BCUT2D eigenvalue weighted by Gasteiger charge is -2.22. The van der Waals surface area contributed by atoms with Gasteiger partial charge in [0.1, 0.15) is 5.82 Å². The minimum absolute atomic E-state index is 0.164. The maximum atomic E-state index is 12.9. The molecule has 0 radical (unpaired) electrons. The van der Waals surface area contributed by atoms with Gasteiger partial charge >= 0.3 is 6.18 Å². The number of alkyl halides is 3. The number of hydrogen-bond donors (Lipinski definition) is 2. The predicted molar refractivity (Wildman–Crippen MR) is 99.7 cm³/mol. The fourth-order valence-electron chi connectivity index (χ4n) is 2.35. The van der Waals surface area contributed by atoms with Crippen molar-refractivity contribution >= 4 is 23.1 Å². The third-order valence-electron chi connectivity index (χ3n) is 3.66. The van der Waals surface area contributed by atoms with Gasteiger partial charge in [-0.15, -0.1) is 11.3 Å². The summed E-state index contributed by atoms with van der Waals surface area (Å²) < 4.78 is 38.8. The number of hydrogen-bond acceptors (Lipinski definition) is 4. The molecule has 0 bridgehead atoms. The summed E-state index contributed by atoms with van der Waals surface area (Å²) in [6.45, 7) is 1.51. The number of anilines is 1. The lowest BCUT2D eigenvalue weighted by molar-refractivity contribution is -0.137. The third-order valence-corrected chi connectivity index (χ3v) is 4.60. The minimum atomic E-state index is -4.43. The second kappa shape index (κ2) is 9.42. The van der Waals surface area contributed by atoms with E-state index in [0.717, 1.165) is 19.0 Å². The highest BCUT2D eigenvalue weighted by molar-refractivity contribution is 7.09. The van der Waals surface area contributed by atoms with Crippen LogP contribution in [-0.2, 0) is 12.6 Å². The molecule has 26 heavy (non-hydrogen) atoms. The van der Waals surface area contributed by atoms with Crippen LogP contribution in [0.3, 0.4) is 0 Å². The molecule has 2 rings (SSSR count). The molecule has 0 saturated heterocycles. The molecule has 0 amide bonds. The first-order valence-corrected chi connectivity index (χ1v) is 9.00. The second-order valence-corrected chi connectivity index (χ2v) is 6.58. The number of likely N-dealkylation sites (N-methyl/N-ethyl adjacent to an activating group) is 1. The van der Waals surface area contributed by atoms with E-state index in [0.29, 0.717) is 12.5 Å². The van der Waals surface area contributed by atoms with Gasteiger partial charge in [0.25, 0.3) is 0 Å². The van der Waals surface area contributed by atoms with E-state index < -0.39 is 11.7 Å². The topological polar surface area (TPSA) is 52.6 Å². The van der Waals surface area contributed by atoms with Gasteiger partial charge in [-0.1, -0.05) is 6.07 Å². The first-order chi connectivity index (χ1) is 12.4. The predicted octanol–water partition coefficient (Wildman–Crippen LogP) is 3.32. The molecule has 0 aromatic carbocycles. The van der Waals surface area contributed by atoms with Crippen molar-refractivity contribution in [3.8, 4) is 0 Å². The Bertz CT molecular complexity index is 701. The Balaban J connectivity index is 1.79. The molecule has 2 N–H and O–H groups in total. The number of pyridine rings is 1. The maximum absolute atomic E-state index is 12.9. The summed E-state index contributed by atoms with van der Waals surface area (Å²) >= 11 is 1.71.